The molecule has 0 radical (unpaired) electrons. The smallest absolute Gasteiger partial charge is 0.320 e. The zero-order chi connectivity index (χ0) is 15.6. The van der Waals surface area contributed by atoms with Gasteiger partial charge in [0.2, 0.25) is 0 Å². The summed E-state index contributed by atoms with van der Waals surface area (Å²) in [6.45, 7) is 11.0. The van der Waals surface area contributed by atoms with Crippen molar-refractivity contribution in [2.24, 2.45) is 0 Å². The first-order chi connectivity index (χ1) is 9.88. The highest BCUT2D eigenvalue weighted by Crippen LogP contribution is 2.19. The third-order valence-electron chi connectivity index (χ3n) is 3.92. The van der Waals surface area contributed by atoms with Crippen molar-refractivity contribution in [3.63, 3.8) is 0 Å². The van der Waals surface area contributed by atoms with Crippen molar-refractivity contribution >= 4 is 11.8 Å². The molecule has 0 bridgehead atoms. The minimum absolute atomic E-state index is 0.303. The molecule has 2 heterocycles. The Hall–Kier alpha value is -1.69. The van der Waals surface area contributed by atoms with Gasteiger partial charge in [-0.2, -0.15) is 0 Å². The summed E-state index contributed by atoms with van der Waals surface area (Å²) in [5.41, 5.74) is 0.977. The van der Waals surface area contributed by atoms with Crippen LogP contribution < -0.4 is 4.90 Å². The molecule has 1 fully saturated rings. The molecule has 0 saturated carbocycles. The molecule has 0 unspecified atom stereocenters. The zero-order valence-corrected chi connectivity index (χ0v) is 13.2. The molecule has 2 rings (SSSR count). The van der Waals surface area contributed by atoms with Gasteiger partial charge in [0, 0.05) is 43.9 Å². The second-order valence-electron chi connectivity index (χ2n) is 5.92. The number of carboxylic acids is 1. The van der Waals surface area contributed by atoms with Crippen LogP contribution >= 0.6 is 0 Å². The van der Waals surface area contributed by atoms with Gasteiger partial charge < -0.3 is 10.0 Å². The SMILES string of the molecule is Cc1cc(N2CCN([C@@H](C)C(=O)O)CC2)nc(C(C)C)n1. The van der Waals surface area contributed by atoms with Gasteiger partial charge in [0.05, 0.1) is 0 Å². The van der Waals surface area contributed by atoms with E-state index >= 15 is 0 Å². The first-order valence-electron chi connectivity index (χ1n) is 7.46. The average molecular weight is 292 g/mol. The van der Waals surface area contributed by atoms with Crippen molar-refractivity contribution in [2.45, 2.75) is 39.7 Å². The Morgan fingerprint density at radius 1 is 1.19 bits per heavy atom. The van der Waals surface area contributed by atoms with Crippen LogP contribution in [0.1, 0.15) is 38.2 Å². The maximum Gasteiger partial charge on any atom is 0.320 e. The normalized spacial score (nSPS) is 18.0. The molecular formula is C15H24N4O2. The summed E-state index contributed by atoms with van der Waals surface area (Å²) in [5, 5.41) is 9.08. The molecule has 6 nitrogen and oxygen atoms in total. The van der Waals surface area contributed by atoms with E-state index in [0.29, 0.717) is 5.92 Å². The van der Waals surface area contributed by atoms with Crippen LogP contribution in [0.2, 0.25) is 0 Å². The number of aromatic nitrogens is 2. The van der Waals surface area contributed by atoms with Crippen LogP contribution in [0.25, 0.3) is 0 Å². The second-order valence-corrected chi connectivity index (χ2v) is 5.92. The van der Waals surface area contributed by atoms with Crippen LogP contribution in [-0.4, -0.2) is 58.2 Å². The largest absolute Gasteiger partial charge is 0.480 e. The van der Waals surface area contributed by atoms with Gasteiger partial charge in [-0.1, -0.05) is 13.8 Å². The number of hydrogen-bond donors (Lipinski definition) is 1. The number of carboxylic acid groups (broad SMARTS) is 1. The minimum Gasteiger partial charge on any atom is -0.480 e. The van der Waals surface area contributed by atoms with Crippen LogP contribution in [0, 0.1) is 6.92 Å². The first kappa shape index (κ1) is 15.7. The molecule has 116 valence electrons. The lowest BCUT2D eigenvalue weighted by Crippen LogP contribution is -2.52. The molecule has 0 aromatic carbocycles. The van der Waals surface area contributed by atoms with E-state index in [1.807, 2.05) is 17.9 Å². The molecule has 1 N–H and O–H groups in total. The van der Waals surface area contributed by atoms with E-state index in [1.165, 1.54) is 0 Å². The minimum atomic E-state index is -0.761. The molecule has 1 aliphatic heterocycles. The first-order valence-corrected chi connectivity index (χ1v) is 7.46. The molecule has 21 heavy (non-hydrogen) atoms. The molecule has 6 heteroatoms. The molecule has 1 atom stereocenters. The van der Waals surface area contributed by atoms with Gasteiger partial charge in [0.15, 0.2) is 0 Å². The van der Waals surface area contributed by atoms with Gasteiger partial charge >= 0.3 is 5.97 Å². The summed E-state index contributed by atoms with van der Waals surface area (Å²) in [4.78, 5) is 24.4. The molecule has 1 aromatic heterocycles. The number of anilines is 1. The average Bonchev–Trinajstić information content (AvgIpc) is 2.45. The standard InChI is InChI=1S/C15H24N4O2/c1-10(2)14-16-11(3)9-13(17-14)19-7-5-18(6-8-19)12(4)15(20)21/h9-10,12H,5-8H2,1-4H3,(H,20,21)/t12-/m0/s1. The third kappa shape index (κ3) is 3.69. The summed E-state index contributed by atoms with van der Waals surface area (Å²) < 4.78 is 0. The van der Waals surface area contributed by atoms with Crippen LogP contribution in [0.15, 0.2) is 6.07 Å². The van der Waals surface area contributed by atoms with Crippen LogP contribution in [0.3, 0.4) is 0 Å². The summed E-state index contributed by atoms with van der Waals surface area (Å²) >= 11 is 0. The molecular weight excluding hydrogens is 268 g/mol. The Bertz CT molecular complexity index is 510. The highest BCUT2D eigenvalue weighted by molar-refractivity contribution is 5.72. The Balaban J connectivity index is 2.07. The van der Waals surface area contributed by atoms with E-state index in [4.69, 9.17) is 5.11 Å². The number of piperazine rings is 1. The number of hydrogen-bond acceptors (Lipinski definition) is 5. The molecule has 1 saturated heterocycles. The second kappa shape index (κ2) is 6.39. The molecule has 0 amide bonds. The Morgan fingerprint density at radius 2 is 1.81 bits per heavy atom. The maximum atomic E-state index is 11.0. The molecule has 0 spiro atoms. The van der Waals surface area contributed by atoms with Gasteiger partial charge in [-0.05, 0) is 13.8 Å². The van der Waals surface area contributed by atoms with Crippen LogP contribution in [0.4, 0.5) is 5.82 Å². The van der Waals surface area contributed by atoms with Gasteiger partial charge in [0.1, 0.15) is 17.7 Å². The number of aryl methyl sites for hydroxylation is 1. The molecule has 0 aliphatic carbocycles. The number of rotatable bonds is 4. The maximum absolute atomic E-state index is 11.0. The monoisotopic (exact) mass is 292 g/mol. The highest BCUT2D eigenvalue weighted by atomic mass is 16.4. The Labute approximate surface area is 125 Å². The molecule has 1 aromatic rings. The van der Waals surface area contributed by atoms with Crippen molar-refractivity contribution in [3.8, 4) is 0 Å². The van der Waals surface area contributed by atoms with E-state index in [0.717, 1.165) is 43.5 Å². The topological polar surface area (TPSA) is 69.6 Å². The summed E-state index contributed by atoms with van der Waals surface area (Å²) in [6, 6.07) is 1.58. The van der Waals surface area contributed by atoms with E-state index in [2.05, 4.69) is 28.7 Å². The summed E-state index contributed by atoms with van der Waals surface area (Å²) in [5.74, 6) is 1.36. The zero-order valence-electron chi connectivity index (χ0n) is 13.2. The van der Waals surface area contributed by atoms with E-state index < -0.39 is 12.0 Å². The van der Waals surface area contributed by atoms with Crippen molar-refractivity contribution in [2.75, 3.05) is 31.1 Å². The fourth-order valence-electron chi connectivity index (χ4n) is 2.49. The fourth-order valence-corrected chi connectivity index (χ4v) is 2.49. The summed E-state index contributed by atoms with van der Waals surface area (Å²) in [6.07, 6.45) is 0. The van der Waals surface area contributed by atoms with Gasteiger partial charge in [0.25, 0.3) is 0 Å². The van der Waals surface area contributed by atoms with E-state index in [-0.39, 0.29) is 0 Å². The predicted molar refractivity (Wildman–Crippen MR) is 81.7 cm³/mol. The number of nitrogens with zero attached hydrogens (tertiary/aromatic N) is 4. The van der Waals surface area contributed by atoms with Crippen molar-refractivity contribution in [1.29, 1.82) is 0 Å². The van der Waals surface area contributed by atoms with Gasteiger partial charge in [-0.25, -0.2) is 9.97 Å². The Kier molecular flexibility index (Phi) is 4.77. The third-order valence-corrected chi connectivity index (χ3v) is 3.92. The number of aliphatic carboxylic acids is 1. The van der Waals surface area contributed by atoms with Crippen molar-refractivity contribution in [1.82, 2.24) is 14.9 Å². The lowest BCUT2D eigenvalue weighted by atomic mass is 10.2. The summed E-state index contributed by atoms with van der Waals surface area (Å²) in [7, 11) is 0. The van der Waals surface area contributed by atoms with Gasteiger partial charge in [-0.3, -0.25) is 9.69 Å². The highest BCUT2D eigenvalue weighted by Gasteiger charge is 2.26. The predicted octanol–water partition coefficient (Wildman–Crippen LogP) is 1.50. The lowest BCUT2D eigenvalue weighted by molar-refractivity contribution is -0.142. The quantitative estimate of drug-likeness (QED) is 0.907. The van der Waals surface area contributed by atoms with Crippen LogP contribution in [-0.2, 0) is 4.79 Å². The van der Waals surface area contributed by atoms with Crippen molar-refractivity contribution in [3.05, 3.63) is 17.6 Å². The van der Waals surface area contributed by atoms with E-state index in [9.17, 15) is 4.79 Å². The molecule has 1 aliphatic rings. The number of carbonyl (C=O) groups is 1. The van der Waals surface area contributed by atoms with Gasteiger partial charge in [-0.15, -0.1) is 0 Å². The lowest BCUT2D eigenvalue weighted by Gasteiger charge is -2.37. The fraction of sp³-hybridized carbons (Fsp3) is 0.667. The Morgan fingerprint density at radius 3 is 2.33 bits per heavy atom. The van der Waals surface area contributed by atoms with Crippen molar-refractivity contribution < 1.29 is 9.90 Å². The van der Waals surface area contributed by atoms with E-state index in [1.54, 1.807) is 6.92 Å². The van der Waals surface area contributed by atoms with Crippen LogP contribution in [0.5, 0.6) is 0 Å².